The first-order valence-corrected chi connectivity index (χ1v) is 6.19. The van der Waals surface area contributed by atoms with Crippen LogP contribution in [0.25, 0.3) is 0 Å². The van der Waals surface area contributed by atoms with Gasteiger partial charge in [-0.3, -0.25) is 4.79 Å². The van der Waals surface area contributed by atoms with Crippen LogP contribution in [0.15, 0.2) is 12.7 Å². The summed E-state index contributed by atoms with van der Waals surface area (Å²) < 4.78 is 0. The molecule has 82 valence electrons. The van der Waals surface area contributed by atoms with E-state index in [4.69, 9.17) is 0 Å². The zero-order valence-corrected chi connectivity index (χ0v) is 9.11. The topological polar surface area (TPSA) is 29.1 Å². The number of fused-ring (bicyclic) bond motifs is 2. The molecule has 15 heavy (non-hydrogen) atoms. The summed E-state index contributed by atoms with van der Waals surface area (Å²) in [7, 11) is 0. The van der Waals surface area contributed by atoms with Crippen molar-refractivity contribution in [3.8, 4) is 0 Å². The molecule has 0 radical (unpaired) electrons. The fourth-order valence-corrected chi connectivity index (χ4v) is 4.36. The van der Waals surface area contributed by atoms with Gasteiger partial charge in [0.05, 0.1) is 0 Å². The van der Waals surface area contributed by atoms with E-state index in [1.165, 1.54) is 38.2 Å². The van der Waals surface area contributed by atoms with Gasteiger partial charge in [0.2, 0.25) is 5.91 Å². The lowest BCUT2D eigenvalue weighted by molar-refractivity contribution is -0.118. The zero-order chi connectivity index (χ0) is 10.4. The molecule has 1 N–H and O–H groups in total. The second-order valence-corrected chi connectivity index (χ2v) is 5.65. The van der Waals surface area contributed by atoms with Crippen molar-refractivity contribution in [2.75, 3.05) is 0 Å². The van der Waals surface area contributed by atoms with Crippen LogP contribution in [0.4, 0.5) is 0 Å². The molecule has 3 fully saturated rings. The van der Waals surface area contributed by atoms with Crippen molar-refractivity contribution in [1.82, 2.24) is 5.32 Å². The van der Waals surface area contributed by atoms with E-state index < -0.39 is 0 Å². The second kappa shape index (κ2) is 3.36. The first kappa shape index (κ1) is 9.44. The van der Waals surface area contributed by atoms with Crippen LogP contribution in [-0.4, -0.2) is 11.9 Å². The molecule has 0 aromatic rings. The average Bonchev–Trinajstić information content (AvgIpc) is 2.45. The summed E-state index contributed by atoms with van der Waals surface area (Å²) >= 11 is 0. The average molecular weight is 205 g/mol. The summed E-state index contributed by atoms with van der Waals surface area (Å²) in [4.78, 5) is 11.4. The summed E-state index contributed by atoms with van der Waals surface area (Å²) in [6.45, 7) is 3.53. The maximum atomic E-state index is 11.4. The molecule has 3 aliphatic carbocycles. The number of hydrogen-bond acceptors (Lipinski definition) is 1. The Bertz CT molecular complexity index is 297. The Morgan fingerprint density at radius 1 is 1.13 bits per heavy atom. The number of amides is 1. The third-order valence-corrected chi connectivity index (χ3v) is 4.77. The largest absolute Gasteiger partial charge is 0.350 e. The minimum atomic E-state index is 0.0183. The smallest absolute Gasteiger partial charge is 0.243 e. The molecule has 0 aromatic carbocycles. The van der Waals surface area contributed by atoms with Crippen molar-refractivity contribution >= 4 is 5.91 Å². The van der Waals surface area contributed by atoms with E-state index in [9.17, 15) is 4.79 Å². The van der Waals surface area contributed by atoms with Crippen LogP contribution in [0.2, 0.25) is 0 Å². The highest BCUT2D eigenvalue weighted by atomic mass is 16.1. The van der Waals surface area contributed by atoms with Gasteiger partial charge in [-0.25, -0.2) is 0 Å². The molecule has 5 atom stereocenters. The minimum Gasteiger partial charge on any atom is -0.350 e. The molecule has 0 aliphatic heterocycles. The van der Waals surface area contributed by atoms with Crippen LogP contribution >= 0.6 is 0 Å². The molecule has 3 rings (SSSR count). The Morgan fingerprint density at radius 2 is 1.87 bits per heavy atom. The van der Waals surface area contributed by atoms with Gasteiger partial charge in [-0.2, -0.15) is 0 Å². The lowest BCUT2D eigenvalue weighted by Gasteiger charge is -2.39. The Kier molecular flexibility index (Phi) is 2.11. The minimum absolute atomic E-state index is 0.0183. The van der Waals surface area contributed by atoms with Gasteiger partial charge in [0.1, 0.15) is 0 Å². The molecule has 5 unspecified atom stereocenters. The molecular formula is C13H19NO. The van der Waals surface area contributed by atoms with Gasteiger partial charge in [0.15, 0.2) is 0 Å². The van der Waals surface area contributed by atoms with E-state index in [-0.39, 0.29) is 5.91 Å². The maximum Gasteiger partial charge on any atom is 0.243 e. The SMILES string of the molecule is C=CC(=O)NC1CC2CC3CC(C2)C1C3. The van der Waals surface area contributed by atoms with Gasteiger partial charge in [-0.05, 0) is 61.9 Å². The quantitative estimate of drug-likeness (QED) is 0.687. The summed E-state index contributed by atoms with van der Waals surface area (Å²) in [5, 5.41) is 3.14. The molecule has 0 aromatic heterocycles. The Labute approximate surface area is 91.1 Å². The number of rotatable bonds is 2. The van der Waals surface area contributed by atoms with Crippen LogP contribution in [0, 0.1) is 23.7 Å². The molecule has 3 bridgehead atoms. The predicted molar refractivity (Wildman–Crippen MR) is 59.2 cm³/mol. The second-order valence-electron chi connectivity index (χ2n) is 5.65. The summed E-state index contributed by atoms with van der Waals surface area (Å²) in [6, 6.07) is 0.451. The van der Waals surface area contributed by atoms with E-state index in [2.05, 4.69) is 11.9 Å². The lowest BCUT2D eigenvalue weighted by Crippen LogP contribution is -2.45. The fraction of sp³-hybridized carbons (Fsp3) is 0.769. The fourth-order valence-electron chi connectivity index (χ4n) is 4.36. The van der Waals surface area contributed by atoms with Gasteiger partial charge >= 0.3 is 0 Å². The van der Waals surface area contributed by atoms with E-state index in [0.29, 0.717) is 6.04 Å². The number of nitrogens with one attached hydrogen (secondary N) is 1. The Morgan fingerprint density at radius 3 is 2.60 bits per heavy atom. The van der Waals surface area contributed by atoms with Crippen LogP contribution in [-0.2, 0) is 4.79 Å². The van der Waals surface area contributed by atoms with Gasteiger partial charge in [0, 0.05) is 6.04 Å². The van der Waals surface area contributed by atoms with Crippen molar-refractivity contribution in [2.45, 2.75) is 38.1 Å². The van der Waals surface area contributed by atoms with Crippen LogP contribution in [0.3, 0.4) is 0 Å². The molecule has 0 saturated heterocycles. The van der Waals surface area contributed by atoms with Gasteiger partial charge in [0.25, 0.3) is 0 Å². The van der Waals surface area contributed by atoms with Crippen molar-refractivity contribution in [1.29, 1.82) is 0 Å². The van der Waals surface area contributed by atoms with Crippen molar-refractivity contribution in [3.63, 3.8) is 0 Å². The summed E-state index contributed by atoms with van der Waals surface area (Å²) in [5.41, 5.74) is 0. The molecule has 0 spiro atoms. The third kappa shape index (κ3) is 1.51. The van der Waals surface area contributed by atoms with Gasteiger partial charge in [-0.1, -0.05) is 6.58 Å². The first-order chi connectivity index (χ1) is 7.26. The molecule has 3 aliphatic rings. The molecule has 1 amide bonds. The first-order valence-electron chi connectivity index (χ1n) is 6.19. The van der Waals surface area contributed by atoms with E-state index >= 15 is 0 Å². The zero-order valence-electron chi connectivity index (χ0n) is 9.11. The number of carbonyl (C=O) groups is 1. The van der Waals surface area contributed by atoms with Crippen LogP contribution in [0.5, 0.6) is 0 Å². The predicted octanol–water partition coefficient (Wildman–Crippen LogP) is 2.11. The monoisotopic (exact) mass is 205 g/mol. The standard InChI is InChI=1S/C13H19NO/c1-2-13(15)14-12-7-9-3-8-4-10(5-9)11(12)6-8/h2,8-12H,1,3-7H2,(H,14,15). The lowest BCUT2D eigenvalue weighted by atomic mass is 9.70. The highest BCUT2D eigenvalue weighted by Gasteiger charge is 2.48. The van der Waals surface area contributed by atoms with Crippen molar-refractivity contribution < 1.29 is 4.79 Å². The number of hydrogen-bond donors (Lipinski definition) is 1. The highest BCUT2D eigenvalue weighted by Crippen LogP contribution is 2.54. The van der Waals surface area contributed by atoms with Gasteiger partial charge in [-0.15, -0.1) is 0 Å². The van der Waals surface area contributed by atoms with Crippen LogP contribution in [0.1, 0.15) is 32.1 Å². The highest BCUT2D eigenvalue weighted by molar-refractivity contribution is 5.87. The molecule has 2 heteroatoms. The van der Waals surface area contributed by atoms with E-state index in [1.54, 1.807) is 0 Å². The maximum absolute atomic E-state index is 11.4. The van der Waals surface area contributed by atoms with Gasteiger partial charge < -0.3 is 5.32 Å². The van der Waals surface area contributed by atoms with E-state index in [0.717, 1.165) is 23.7 Å². The van der Waals surface area contributed by atoms with Crippen molar-refractivity contribution in [3.05, 3.63) is 12.7 Å². The Hall–Kier alpha value is -0.790. The normalized spacial score (nSPS) is 46.5. The molecular weight excluding hydrogens is 186 g/mol. The Balaban J connectivity index is 1.75. The molecule has 3 saturated carbocycles. The molecule has 2 nitrogen and oxygen atoms in total. The summed E-state index contributed by atoms with van der Waals surface area (Å²) in [6.07, 6.45) is 8.28. The molecule has 0 heterocycles. The van der Waals surface area contributed by atoms with E-state index in [1.807, 2.05) is 0 Å². The van der Waals surface area contributed by atoms with Crippen molar-refractivity contribution in [2.24, 2.45) is 23.7 Å². The number of carbonyl (C=O) groups excluding carboxylic acids is 1. The summed E-state index contributed by atoms with van der Waals surface area (Å²) in [5.74, 6) is 3.58. The third-order valence-electron chi connectivity index (χ3n) is 4.77. The van der Waals surface area contributed by atoms with Crippen LogP contribution < -0.4 is 5.32 Å².